The van der Waals surface area contributed by atoms with Gasteiger partial charge in [-0.1, -0.05) is 6.42 Å². The van der Waals surface area contributed by atoms with Crippen molar-refractivity contribution in [1.29, 1.82) is 0 Å². The van der Waals surface area contributed by atoms with Crippen molar-refractivity contribution in [3.63, 3.8) is 0 Å². The zero-order chi connectivity index (χ0) is 9.36. The van der Waals surface area contributed by atoms with E-state index < -0.39 is 0 Å². The molecular formula is C10H22N2S. The SMILES string of the molecule is CNCCCCCN1CCSCC1. The molecule has 0 aromatic heterocycles. The van der Waals surface area contributed by atoms with Crippen LogP contribution >= 0.6 is 11.8 Å². The Hall–Kier alpha value is 0.270. The second-order valence-electron chi connectivity index (χ2n) is 3.62. The first-order valence-electron chi connectivity index (χ1n) is 5.38. The van der Waals surface area contributed by atoms with Gasteiger partial charge in [0.25, 0.3) is 0 Å². The van der Waals surface area contributed by atoms with Gasteiger partial charge in [-0.05, 0) is 33.0 Å². The molecule has 2 nitrogen and oxygen atoms in total. The van der Waals surface area contributed by atoms with Gasteiger partial charge in [0.15, 0.2) is 0 Å². The van der Waals surface area contributed by atoms with Gasteiger partial charge in [-0.15, -0.1) is 0 Å². The van der Waals surface area contributed by atoms with Crippen LogP contribution in [-0.4, -0.2) is 49.6 Å². The predicted octanol–water partition coefficient (Wildman–Crippen LogP) is 1.42. The Labute approximate surface area is 86.5 Å². The fourth-order valence-corrected chi connectivity index (χ4v) is 2.62. The molecule has 1 N–H and O–H groups in total. The minimum Gasteiger partial charge on any atom is -0.320 e. The van der Waals surface area contributed by atoms with E-state index >= 15 is 0 Å². The summed E-state index contributed by atoms with van der Waals surface area (Å²) in [7, 11) is 2.03. The van der Waals surface area contributed by atoms with E-state index in [9.17, 15) is 0 Å². The summed E-state index contributed by atoms with van der Waals surface area (Å²) in [6.07, 6.45) is 4.09. The first-order chi connectivity index (χ1) is 6.43. The van der Waals surface area contributed by atoms with Crippen molar-refractivity contribution in [2.45, 2.75) is 19.3 Å². The Morgan fingerprint density at radius 1 is 1.15 bits per heavy atom. The Balaban J connectivity index is 1.86. The summed E-state index contributed by atoms with van der Waals surface area (Å²) in [5, 5.41) is 3.19. The number of thioether (sulfide) groups is 1. The summed E-state index contributed by atoms with van der Waals surface area (Å²) < 4.78 is 0. The van der Waals surface area contributed by atoms with Gasteiger partial charge in [-0.25, -0.2) is 0 Å². The molecule has 0 aromatic carbocycles. The van der Waals surface area contributed by atoms with Crippen molar-refractivity contribution in [3.05, 3.63) is 0 Å². The van der Waals surface area contributed by atoms with Gasteiger partial charge in [-0.2, -0.15) is 11.8 Å². The lowest BCUT2D eigenvalue weighted by atomic mass is 10.2. The van der Waals surface area contributed by atoms with E-state index in [4.69, 9.17) is 0 Å². The van der Waals surface area contributed by atoms with Crippen LogP contribution in [0.25, 0.3) is 0 Å². The largest absolute Gasteiger partial charge is 0.320 e. The van der Waals surface area contributed by atoms with Crippen LogP contribution in [-0.2, 0) is 0 Å². The van der Waals surface area contributed by atoms with Crippen molar-refractivity contribution in [1.82, 2.24) is 10.2 Å². The van der Waals surface area contributed by atoms with Crippen molar-refractivity contribution < 1.29 is 0 Å². The summed E-state index contributed by atoms with van der Waals surface area (Å²) in [4.78, 5) is 2.61. The van der Waals surface area contributed by atoms with Gasteiger partial charge in [0.1, 0.15) is 0 Å². The standard InChI is InChI=1S/C10H22N2S/c1-11-5-3-2-4-6-12-7-9-13-10-8-12/h11H,2-10H2,1H3. The fourth-order valence-electron chi connectivity index (χ4n) is 1.64. The fraction of sp³-hybridized carbons (Fsp3) is 1.00. The Morgan fingerprint density at radius 2 is 1.92 bits per heavy atom. The monoisotopic (exact) mass is 202 g/mol. The Kier molecular flexibility index (Phi) is 6.68. The second-order valence-corrected chi connectivity index (χ2v) is 4.84. The molecule has 1 aliphatic rings. The molecule has 1 saturated heterocycles. The molecule has 3 heteroatoms. The lowest BCUT2D eigenvalue weighted by molar-refractivity contribution is 0.294. The lowest BCUT2D eigenvalue weighted by Gasteiger charge is -2.25. The Morgan fingerprint density at radius 3 is 2.62 bits per heavy atom. The number of rotatable bonds is 6. The number of hydrogen-bond donors (Lipinski definition) is 1. The van der Waals surface area contributed by atoms with Crippen LogP contribution < -0.4 is 5.32 Å². The van der Waals surface area contributed by atoms with E-state index in [1.165, 1.54) is 56.9 Å². The van der Waals surface area contributed by atoms with Crippen molar-refractivity contribution in [2.24, 2.45) is 0 Å². The van der Waals surface area contributed by atoms with Crippen molar-refractivity contribution in [2.75, 3.05) is 44.7 Å². The van der Waals surface area contributed by atoms with E-state index in [-0.39, 0.29) is 0 Å². The maximum absolute atomic E-state index is 3.19. The maximum Gasteiger partial charge on any atom is 0.00727 e. The summed E-state index contributed by atoms with van der Waals surface area (Å²) >= 11 is 2.09. The van der Waals surface area contributed by atoms with Crippen LogP contribution in [0.1, 0.15) is 19.3 Å². The third kappa shape index (κ3) is 5.55. The van der Waals surface area contributed by atoms with Crippen LogP contribution in [0.3, 0.4) is 0 Å². The number of nitrogens with zero attached hydrogens (tertiary/aromatic N) is 1. The van der Waals surface area contributed by atoms with Gasteiger partial charge >= 0.3 is 0 Å². The number of unbranched alkanes of at least 4 members (excludes halogenated alkanes) is 2. The highest BCUT2D eigenvalue weighted by Crippen LogP contribution is 2.09. The molecule has 0 aromatic rings. The zero-order valence-corrected chi connectivity index (χ0v) is 9.54. The highest BCUT2D eigenvalue weighted by atomic mass is 32.2. The summed E-state index contributed by atoms with van der Waals surface area (Å²) in [6, 6.07) is 0. The van der Waals surface area contributed by atoms with Gasteiger partial charge in [0, 0.05) is 24.6 Å². The molecule has 0 unspecified atom stereocenters. The molecule has 1 rings (SSSR count). The predicted molar refractivity (Wildman–Crippen MR) is 61.5 cm³/mol. The van der Waals surface area contributed by atoms with Crippen LogP contribution in [0, 0.1) is 0 Å². The molecule has 0 atom stereocenters. The Bertz CT molecular complexity index is 113. The zero-order valence-electron chi connectivity index (χ0n) is 8.72. The molecule has 0 saturated carbocycles. The summed E-state index contributed by atoms with van der Waals surface area (Å²) in [6.45, 7) is 5.13. The average molecular weight is 202 g/mol. The third-order valence-electron chi connectivity index (χ3n) is 2.50. The van der Waals surface area contributed by atoms with E-state index in [0.717, 1.165) is 0 Å². The molecule has 13 heavy (non-hydrogen) atoms. The highest BCUT2D eigenvalue weighted by Gasteiger charge is 2.08. The topological polar surface area (TPSA) is 15.3 Å². The first kappa shape index (κ1) is 11.3. The number of hydrogen-bond acceptors (Lipinski definition) is 3. The first-order valence-corrected chi connectivity index (χ1v) is 6.53. The third-order valence-corrected chi connectivity index (χ3v) is 3.45. The van der Waals surface area contributed by atoms with E-state index in [1.807, 2.05) is 7.05 Å². The minimum absolute atomic E-state index is 1.18. The van der Waals surface area contributed by atoms with Crippen LogP contribution in [0.15, 0.2) is 0 Å². The van der Waals surface area contributed by atoms with Gasteiger partial charge in [0.2, 0.25) is 0 Å². The molecular weight excluding hydrogens is 180 g/mol. The highest BCUT2D eigenvalue weighted by molar-refractivity contribution is 7.99. The molecule has 1 fully saturated rings. The quantitative estimate of drug-likeness (QED) is 0.656. The van der Waals surface area contributed by atoms with Crippen molar-refractivity contribution >= 4 is 11.8 Å². The molecule has 78 valence electrons. The van der Waals surface area contributed by atoms with Gasteiger partial charge in [-0.3, -0.25) is 0 Å². The molecule has 1 aliphatic heterocycles. The maximum atomic E-state index is 3.19. The van der Waals surface area contributed by atoms with Crippen molar-refractivity contribution in [3.8, 4) is 0 Å². The summed E-state index contributed by atoms with van der Waals surface area (Å²) in [5.41, 5.74) is 0. The minimum atomic E-state index is 1.18. The second kappa shape index (κ2) is 7.65. The molecule has 0 bridgehead atoms. The average Bonchev–Trinajstić information content (AvgIpc) is 2.19. The molecule has 0 radical (unpaired) electrons. The molecule has 0 spiro atoms. The van der Waals surface area contributed by atoms with Crippen LogP contribution in [0.5, 0.6) is 0 Å². The summed E-state index contributed by atoms with van der Waals surface area (Å²) in [5.74, 6) is 2.69. The van der Waals surface area contributed by atoms with E-state index in [1.54, 1.807) is 0 Å². The van der Waals surface area contributed by atoms with Gasteiger partial charge in [0.05, 0.1) is 0 Å². The van der Waals surface area contributed by atoms with E-state index in [2.05, 4.69) is 22.0 Å². The van der Waals surface area contributed by atoms with E-state index in [0.29, 0.717) is 0 Å². The lowest BCUT2D eigenvalue weighted by Crippen LogP contribution is -2.33. The number of nitrogens with one attached hydrogen (secondary N) is 1. The van der Waals surface area contributed by atoms with Crippen LogP contribution in [0.4, 0.5) is 0 Å². The molecule has 0 aliphatic carbocycles. The molecule has 1 heterocycles. The smallest absolute Gasteiger partial charge is 0.00727 e. The van der Waals surface area contributed by atoms with Gasteiger partial charge < -0.3 is 10.2 Å². The van der Waals surface area contributed by atoms with Crippen LogP contribution in [0.2, 0.25) is 0 Å². The normalized spacial score (nSPS) is 19.2. The molecule has 0 amide bonds.